The van der Waals surface area contributed by atoms with Crippen molar-refractivity contribution in [2.75, 3.05) is 18.1 Å². The number of unbranched alkanes of at least 4 members (excludes halogenated alkanes) is 2. The highest BCUT2D eigenvalue weighted by Crippen LogP contribution is 2.29. The number of rotatable bonds is 12. The number of Topliss-reactive ketones (excluding diaryl/α,β-unsaturated/α-hetero) is 1. The Labute approximate surface area is 203 Å². The van der Waals surface area contributed by atoms with Gasteiger partial charge in [0, 0.05) is 24.1 Å². The van der Waals surface area contributed by atoms with E-state index in [0.29, 0.717) is 12.0 Å². The molecule has 1 amide bonds. The molecule has 1 atom stereocenters. The van der Waals surface area contributed by atoms with Crippen molar-refractivity contribution in [1.29, 1.82) is 0 Å². The molecule has 8 heteroatoms. The number of sulfone groups is 1. The van der Waals surface area contributed by atoms with Gasteiger partial charge in [0.25, 0.3) is 5.91 Å². The van der Waals surface area contributed by atoms with Gasteiger partial charge in [-0.05, 0) is 37.7 Å². The lowest BCUT2D eigenvalue weighted by Crippen LogP contribution is -2.48. The van der Waals surface area contributed by atoms with E-state index in [1.165, 1.54) is 18.4 Å². The molecule has 0 radical (unpaired) electrons. The largest absolute Gasteiger partial charge is 0.456 e. The summed E-state index contributed by atoms with van der Waals surface area (Å²) < 4.78 is 29.1. The molecule has 0 aromatic heterocycles. The van der Waals surface area contributed by atoms with E-state index in [9.17, 15) is 22.8 Å². The van der Waals surface area contributed by atoms with E-state index in [-0.39, 0.29) is 48.1 Å². The summed E-state index contributed by atoms with van der Waals surface area (Å²) in [5, 5.41) is 0. The van der Waals surface area contributed by atoms with Gasteiger partial charge in [-0.25, -0.2) is 8.42 Å². The third-order valence-corrected chi connectivity index (χ3v) is 8.62. The summed E-state index contributed by atoms with van der Waals surface area (Å²) in [7, 11) is -3.13. The molecule has 1 aromatic carbocycles. The first-order valence-corrected chi connectivity index (χ1v) is 14.4. The van der Waals surface area contributed by atoms with Crippen molar-refractivity contribution in [3.63, 3.8) is 0 Å². The molecule has 1 heterocycles. The Morgan fingerprint density at radius 3 is 2.29 bits per heavy atom. The zero-order chi connectivity index (χ0) is 24.6. The first-order chi connectivity index (χ1) is 16.3. The first kappa shape index (κ1) is 26.4. The third-order valence-electron chi connectivity index (χ3n) is 6.87. The highest BCUT2D eigenvalue weighted by Gasteiger charge is 2.39. The number of ketones is 1. The fraction of sp³-hybridized carbons (Fsp3) is 0.654. The van der Waals surface area contributed by atoms with Crippen LogP contribution in [0.25, 0.3) is 0 Å². The summed E-state index contributed by atoms with van der Waals surface area (Å²) in [4.78, 5) is 39.2. The summed E-state index contributed by atoms with van der Waals surface area (Å²) in [6, 6.07) is 7.18. The molecule has 0 bridgehead atoms. The molecular formula is C26H37NO6S. The van der Waals surface area contributed by atoms with Gasteiger partial charge in [-0.1, -0.05) is 56.9 Å². The van der Waals surface area contributed by atoms with Gasteiger partial charge in [-0.3, -0.25) is 14.4 Å². The van der Waals surface area contributed by atoms with Gasteiger partial charge in [0.1, 0.15) is 0 Å². The molecule has 1 saturated carbocycles. The van der Waals surface area contributed by atoms with Crippen LogP contribution in [0.3, 0.4) is 0 Å². The topological polar surface area (TPSA) is 97.8 Å². The lowest BCUT2D eigenvalue weighted by Gasteiger charge is -2.33. The van der Waals surface area contributed by atoms with E-state index in [2.05, 4.69) is 6.92 Å². The van der Waals surface area contributed by atoms with E-state index in [4.69, 9.17) is 4.74 Å². The molecule has 1 saturated heterocycles. The summed E-state index contributed by atoms with van der Waals surface area (Å²) in [5.41, 5.74) is 1.77. The molecule has 1 aliphatic carbocycles. The van der Waals surface area contributed by atoms with E-state index in [1.54, 1.807) is 17.0 Å². The first-order valence-electron chi connectivity index (χ1n) is 12.6. The van der Waals surface area contributed by atoms with Crippen LogP contribution in [0.2, 0.25) is 0 Å². The van der Waals surface area contributed by atoms with Gasteiger partial charge >= 0.3 is 5.97 Å². The highest BCUT2D eigenvalue weighted by atomic mass is 32.2. The highest BCUT2D eigenvalue weighted by molar-refractivity contribution is 7.91. The Hall–Kier alpha value is -2.22. The molecule has 2 fully saturated rings. The quantitative estimate of drug-likeness (QED) is 0.250. The van der Waals surface area contributed by atoms with E-state index < -0.39 is 22.4 Å². The van der Waals surface area contributed by atoms with E-state index in [0.717, 1.165) is 38.5 Å². The average molecular weight is 492 g/mol. The van der Waals surface area contributed by atoms with Gasteiger partial charge in [-0.2, -0.15) is 0 Å². The Kier molecular flexibility index (Phi) is 9.68. The molecule has 2 aliphatic rings. The average Bonchev–Trinajstić information content (AvgIpc) is 3.46. The van der Waals surface area contributed by atoms with Crippen molar-refractivity contribution in [1.82, 2.24) is 4.90 Å². The van der Waals surface area contributed by atoms with E-state index >= 15 is 0 Å². The fourth-order valence-corrected chi connectivity index (χ4v) is 6.68. The van der Waals surface area contributed by atoms with Crippen molar-refractivity contribution in [3.8, 4) is 0 Å². The maximum Gasteiger partial charge on any atom is 0.306 e. The summed E-state index contributed by atoms with van der Waals surface area (Å²) in [5.74, 6) is -0.993. The summed E-state index contributed by atoms with van der Waals surface area (Å²) in [6.07, 6.45) is 8.56. The zero-order valence-electron chi connectivity index (χ0n) is 20.2. The zero-order valence-corrected chi connectivity index (χ0v) is 21.0. The molecule has 0 spiro atoms. The predicted octanol–water partition coefficient (Wildman–Crippen LogP) is 3.88. The third kappa shape index (κ3) is 7.65. The Bertz CT molecular complexity index is 950. The van der Waals surface area contributed by atoms with Gasteiger partial charge in [0.05, 0.1) is 17.9 Å². The number of benzene rings is 1. The minimum Gasteiger partial charge on any atom is -0.456 e. The van der Waals surface area contributed by atoms with Crippen molar-refractivity contribution in [2.24, 2.45) is 0 Å². The fourth-order valence-electron chi connectivity index (χ4n) is 4.97. The second kappa shape index (κ2) is 12.5. The molecular weight excluding hydrogens is 454 g/mol. The molecule has 1 unspecified atom stereocenters. The van der Waals surface area contributed by atoms with Crippen LogP contribution in [0.4, 0.5) is 0 Å². The van der Waals surface area contributed by atoms with Gasteiger partial charge in [0.2, 0.25) is 0 Å². The van der Waals surface area contributed by atoms with Crippen LogP contribution < -0.4 is 0 Å². The second-order valence-corrected chi connectivity index (χ2v) is 11.8. The lowest BCUT2D eigenvalue weighted by molar-refractivity contribution is -0.154. The SMILES string of the molecule is CCCCCc1ccc(C(=O)CCC(=O)OCC(=O)N(C2CCCC2)C2CCS(=O)(=O)C2)cc1. The van der Waals surface area contributed by atoms with Crippen molar-refractivity contribution < 1.29 is 27.5 Å². The number of carbonyl (C=O) groups is 3. The molecule has 1 aliphatic heterocycles. The van der Waals surface area contributed by atoms with Gasteiger partial charge in [0.15, 0.2) is 22.2 Å². The second-order valence-electron chi connectivity index (χ2n) is 9.53. The van der Waals surface area contributed by atoms with Crippen LogP contribution in [0.15, 0.2) is 24.3 Å². The molecule has 34 heavy (non-hydrogen) atoms. The van der Waals surface area contributed by atoms with E-state index in [1.807, 2.05) is 12.1 Å². The predicted molar refractivity (Wildman–Crippen MR) is 130 cm³/mol. The Morgan fingerprint density at radius 2 is 1.68 bits per heavy atom. The molecule has 3 rings (SSSR count). The monoisotopic (exact) mass is 491 g/mol. The molecule has 0 N–H and O–H groups in total. The summed E-state index contributed by atoms with van der Waals surface area (Å²) in [6.45, 7) is 1.75. The van der Waals surface area contributed by atoms with Crippen LogP contribution in [0.5, 0.6) is 0 Å². The van der Waals surface area contributed by atoms with Crippen LogP contribution in [0, 0.1) is 0 Å². The standard InChI is InChI=1S/C26H37NO6S/c1-2-3-4-7-20-10-12-21(13-11-20)24(28)14-15-26(30)33-18-25(29)27(22-8-5-6-9-22)23-16-17-34(31,32)19-23/h10-13,22-23H,2-9,14-19H2,1H3. The smallest absolute Gasteiger partial charge is 0.306 e. The normalized spacial score (nSPS) is 19.7. The minimum absolute atomic E-state index is 0.0102. The maximum absolute atomic E-state index is 12.9. The Balaban J connectivity index is 1.45. The van der Waals surface area contributed by atoms with Gasteiger partial charge in [-0.15, -0.1) is 0 Å². The number of hydrogen-bond acceptors (Lipinski definition) is 6. The number of aryl methyl sites for hydroxylation is 1. The maximum atomic E-state index is 12.9. The molecule has 188 valence electrons. The van der Waals surface area contributed by atoms with Crippen LogP contribution >= 0.6 is 0 Å². The minimum atomic E-state index is -3.13. The number of amides is 1. The van der Waals surface area contributed by atoms with Crippen molar-refractivity contribution in [3.05, 3.63) is 35.4 Å². The van der Waals surface area contributed by atoms with Crippen LogP contribution in [-0.2, 0) is 30.6 Å². The summed E-state index contributed by atoms with van der Waals surface area (Å²) >= 11 is 0. The molecule has 7 nitrogen and oxygen atoms in total. The van der Waals surface area contributed by atoms with Crippen molar-refractivity contribution in [2.45, 2.75) is 89.6 Å². The van der Waals surface area contributed by atoms with Crippen LogP contribution in [0.1, 0.15) is 87.1 Å². The molecule has 1 aromatic rings. The Morgan fingerprint density at radius 1 is 0.971 bits per heavy atom. The number of nitrogens with zero attached hydrogens (tertiary/aromatic N) is 1. The lowest BCUT2D eigenvalue weighted by atomic mass is 10.0. The van der Waals surface area contributed by atoms with Crippen molar-refractivity contribution >= 4 is 27.5 Å². The number of ether oxygens (including phenoxy) is 1. The van der Waals surface area contributed by atoms with Gasteiger partial charge < -0.3 is 9.64 Å². The number of hydrogen-bond donors (Lipinski definition) is 0. The number of esters is 1. The number of carbonyl (C=O) groups excluding carboxylic acids is 3. The van der Waals surface area contributed by atoms with Crippen LogP contribution in [-0.4, -0.2) is 61.2 Å².